The van der Waals surface area contributed by atoms with Gasteiger partial charge in [0, 0.05) is 17.8 Å². The molecule has 2 heterocycles. The number of hydrogen-bond acceptors (Lipinski definition) is 2. The van der Waals surface area contributed by atoms with E-state index in [-0.39, 0.29) is 17.9 Å². The monoisotopic (exact) mass is 326 g/mol. The molecule has 1 amide bonds. The lowest BCUT2D eigenvalue weighted by Crippen LogP contribution is -2.48. The van der Waals surface area contributed by atoms with Crippen LogP contribution in [0, 0.1) is 11.8 Å². The Labute approximate surface area is 140 Å². The highest BCUT2D eigenvalue weighted by Crippen LogP contribution is 2.40. The zero-order chi connectivity index (χ0) is 16.7. The second-order valence-electron chi connectivity index (χ2n) is 6.98. The van der Waals surface area contributed by atoms with Gasteiger partial charge >= 0.3 is 5.97 Å². The fraction of sp³-hybridized carbons (Fsp3) is 0.474. The SMILES string of the molecule is O=C(O)C1CCC1C(=O)N1CCCCC1c1cc2ccccc2[nH]1. The number of nitrogens with one attached hydrogen (secondary N) is 1. The van der Waals surface area contributed by atoms with Crippen molar-refractivity contribution in [2.24, 2.45) is 11.8 Å². The van der Waals surface area contributed by atoms with Gasteiger partial charge in [-0.05, 0) is 49.6 Å². The van der Waals surface area contributed by atoms with E-state index in [1.54, 1.807) is 0 Å². The zero-order valence-corrected chi connectivity index (χ0v) is 13.6. The van der Waals surface area contributed by atoms with Crippen LogP contribution >= 0.6 is 0 Å². The quantitative estimate of drug-likeness (QED) is 0.908. The maximum atomic E-state index is 12.9. The number of aromatic amines is 1. The molecular weight excluding hydrogens is 304 g/mol. The molecule has 2 aliphatic rings. The molecule has 24 heavy (non-hydrogen) atoms. The number of aliphatic carboxylic acids is 1. The number of likely N-dealkylation sites (tertiary alicyclic amines) is 1. The number of carbonyl (C=O) groups excluding carboxylic acids is 1. The smallest absolute Gasteiger partial charge is 0.307 e. The van der Waals surface area contributed by atoms with Gasteiger partial charge in [-0.25, -0.2) is 0 Å². The van der Waals surface area contributed by atoms with Crippen LogP contribution in [-0.4, -0.2) is 33.4 Å². The number of benzene rings is 1. The zero-order valence-electron chi connectivity index (χ0n) is 13.6. The van der Waals surface area contributed by atoms with Crippen molar-refractivity contribution in [2.75, 3.05) is 6.54 Å². The average molecular weight is 326 g/mol. The maximum Gasteiger partial charge on any atom is 0.307 e. The Balaban J connectivity index is 1.61. The van der Waals surface area contributed by atoms with Gasteiger partial charge in [0.2, 0.25) is 5.91 Å². The van der Waals surface area contributed by atoms with Crippen molar-refractivity contribution in [3.63, 3.8) is 0 Å². The maximum absolute atomic E-state index is 12.9. The molecule has 3 atom stereocenters. The molecule has 1 aromatic carbocycles. The Morgan fingerprint density at radius 2 is 1.88 bits per heavy atom. The Morgan fingerprint density at radius 1 is 1.08 bits per heavy atom. The van der Waals surface area contributed by atoms with Crippen LogP contribution in [0.4, 0.5) is 0 Å². The number of nitrogens with zero attached hydrogens (tertiary/aromatic N) is 1. The first-order valence-electron chi connectivity index (χ1n) is 8.76. The van der Waals surface area contributed by atoms with Gasteiger partial charge < -0.3 is 15.0 Å². The number of hydrogen-bond donors (Lipinski definition) is 2. The van der Waals surface area contributed by atoms with E-state index in [2.05, 4.69) is 17.1 Å². The molecule has 2 aromatic rings. The highest BCUT2D eigenvalue weighted by atomic mass is 16.4. The first-order valence-corrected chi connectivity index (χ1v) is 8.76. The topological polar surface area (TPSA) is 73.4 Å². The molecule has 1 saturated heterocycles. The van der Waals surface area contributed by atoms with Crippen LogP contribution in [0.2, 0.25) is 0 Å². The minimum absolute atomic E-state index is 0.0250. The van der Waals surface area contributed by atoms with Gasteiger partial charge in [0.15, 0.2) is 0 Å². The molecule has 0 spiro atoms. The molecule has 4 rings (SSSR count). The predicted octanol–water partition coefficient (Wildman–Crippen LogP) is 3.33. The molecule has 5 heteroatoms. The van der Waals surface area contributed by atoms with Crippen molar-refractivity contribution in [3.8, 4) is 0 Å². The fourth-order valence-electron chi connectivity index (χ4n) is 4.10. The summed E-state index contributed by atoms with van der Waals surface area (Å²) in [7, 11) is 0. The number of piperidine rings is 1. The van der Waals surface area contributed by atoms with Crippen LogP contribution in [0.15, 0.2) is 30.3 Å². The lowest BCUT2D eigenvalue weighted by molar-refractivity contribution is -0.158. The third-order valence-corrected chi connectivity index (χ3v) is 5.60. The summed E-state index contributed by atoms with van der Waals surface area (Å²) in [6, 6.07) is 10.3. The Hall–Kier alpha value is -2.30. The van der Waals surface area contributed by atoms with Crippen molar-refractivity contribution >= 4 is 22.8 Å². The first-order chi connectivity index (χ1) is 11.6. The molecule has 5 nitrogen and oxygen atoms in total. The van der Waals surface area contributed by atoms with E-state index in [0.717, 1.165) is 42.4 Å². The number of carboxylic acid groups (broad SMARTS) is 1. The van der Waals surface area contributed by atoms with Crippen LogP contribution in [0.3, 0.4) is 0 Å². The third-order valence-electron chi connectivity index (χ3n) is 5.60. The van der Waals surface area contributed by atoms with Crippen molar-refractivity contribution < 1.29 is 14.7 Å². The molecule has 126 valence electrons. The molecular formula is C19H22N2O3. The van der Waals surface area contributed by atoms with E-state index in [0.29, 0.717) is 12.8 Å². The first kappa shape index (κ1) is 15.2. The molecule has 1 aromatic heterocycles. The molecule has 2 N–H and O–H groups in total. The van der Waals surface area contributed by atoms with Crippen LogP contribution in [0.5, 0.6) is 0 Å². The normalized spacial score (nSPS) is 27.0. The highest BCUT2D eigenvalue weighted by Gasteiger charge is 2.45. The summed E-state index contributed by atoms with van der Waals surface area (Å²) in [6.07, 6.45) is 4.34. The number of H-pyrrole nitrogens is 1. The third kappa shape index (κ3) is 2.48. The highest BCUT2D eigenvalue weighted by molar-refractivity contribution is 5.87. The summed E-state index contributed by atoms with van der Waals surface area (Å²) >= 11 is 0. The summed E-state index contributed by atoms with van der Waals surface area (Å²) in [5.74, 6) is -1.65. The Morgan fingerprint density at radius 3 is 2.58 bits per heavy atom. The number of fused-ring (bicyclic) bond motifs is 1. The van der Waals surface area contributed by atoms with E-state index < -0.39 is 11.9 Å². The molecule has 0 radical (unpaired) electrons. The largest absolute Gasteiger partial charge is 0.481 e. The lowest BCUT2D eigenvalue weighted by Gasteiger charge is -2.41. The van der Waals surface area contributed by atoms with E-state index in [1.165, 1.54) is 0 Å². The minimum atomic E-state index is -0.834. The Kier molecular flexibility index (Phi) is 3.79. The molecule has 1 aliphatic carbocycles. The van der Waals surface area contributed by atoms with Crippen molar-refractivity contribution in [3.05, 3.63) is 36.0 Å². The van der Waals surface area contributed by atoms with Crippen LogP contribution in [0.1, 0.15) is 43.8 Å². The van der Waals surface area contributed by atoms with Crippen molar-refractivity contribution in [1.82, 2.24) is 9.88 Å². The van der Waals surface area contributed by atoms with E-state index in [9.17, 15) is 14.7 Å². The van der Waals surface area contributed by atoms with E-state index >= 15 is 0 Å². The van der Waals surface area contributed by atoms with E-state index in [1.807, 2.05) is 23.1 Å². The predicted molar refractivity (Wildman–Crippen MR) is 90.5 cm³/mol. The number of carbonyl (C=O) groups is 2. The van der Waals surface area contributed by atoms with Gasteiger partial charge in [-0.15, -0.1) is 0 Å². The van der Waals surface area contributed by atoms with Gasteiger partial charge in [0.05, 0.1) is 17.9 Å². The van der Waals surface area contributed by atoms with Gasteiger partial charge in [0.25, 0.3) is 0 Å². The number of aromatic nitrogens is 1. The number of rotatable bonds is 3. The molecule has 1 aliphatic heterocycles. The molecule has 0 bridgehead atoms. The van der Waals surface area contributed by atoms with Gasteiger partial charge in [-0.1, -0.05) is 18.2 Å². The summed E-state index contributed by atoms with van der Waals surface area (Å²) in [4.78, 5) is 29.6. The summed E-state index contributed by atoms with van der Waals surface area (Å²) < 4.78 is 0. The second kappa shape index (κ2) is 5.96. The summed E-state index contributed by atoms with van der Waals surface area (Å²) in [5, 5.41) is 10.4. The lowest BCUT2D eigenvalue weighted by atomic mass is 9.72. The second-order valence-corrected chi connectivity index (χ2v) is 6.98. The van der Waals surface area contributed by atoms with Crippen LogP contribution in [-0.2, 0) is 9.59 Å². The summed E-state index contributed by atoms with van der Waals surface area (Å²) in [5.41, 5.74) is 2.15. The van der Waals surface area contributed by atoms with Crippen LogP contribution < -0.4 is 0 Å². The average Bonchev–Trinajstić information content (AvgIpc) is 2.97. The van der Waals surface area contributed by atoms with Crippen molar-refractivity contribution in [1.29, 1.82) is 0 Å². The molecule has 3 unspecified atom stereocenters. The molecule has 2 fully saturated rings. The summed E-state index contributed by atoms with van der Waals surface area (Å²) in [6.45, 7) is 0.724. The number of carboxylic acids is 1. The number of para-hydroxylation sites is 1. The van der Waals surface area contributed by atoms with Gasteiger partial charge in [-0.2, -0.15) is 0 Å². The Bertz CT molecular complexity index is 749. The molecule has 1 saturated carbocycles. The van der Waals surface area contributed by atoms with Gasteiger partial charge in [0.1, 0.15) is 0 Å². The fourth-order valence-corrected chi connectivity index (χ4v) is 4.10. The standard InChI is InChI=1S/C19H22N2O3/c22-18(13-8-9-14(13)19(23)24)21-10-4-3-7-17(21)16-11-12-5-1-2-6-15(12)20-16/h1-2,5-6,11,13-14,17,20H,3-4,7-10H2,(H,23,24). The van der Waals surface area contributed by atoms with Crippen molar-refractivity contribution in [2.45, 2.75) is 38.1 Å². The number of amides is 1. The van der Waals surface area contributed by atoms with Crippen LogP contribution in [0.25, 0.3) is 10.9 Å². The minimum Gasteiger partial charge on any atom is -0.481 e. The van der Waals surface area contributed by atoms with E-state index in [4.69, 9.17) is 0 Å². The van der Waals surface area contributed by atoms with Gasteiger partial charge in [-0.3, -0.25) is 9.59 Å².